The van der Waals surface area contributed by atoms with E-state index in [1.54, 1.807) is 13.8 Å². The smallest absolute Gasteiger partial charge is 0.338 e. The summed E-state index contributed by atoms with van der Waals surface area (Å²) in [6, 6.07) is 0. The zero-order valence-electron chi connectivity index (χ0n) is 8.78. The number of carbonyl (C=O) groups is 1. The largest absolute Gasteiger partial charge is 0.460 e. The van der Waals surface area contributed by atoms with E-state index in [4.69, 9.17) is 14.2 Å². The summed E-state index contributed by atoms with van der Waals surface area (Å²) in [5, 5.41) is 0. The molecule has 0 N–H and O–H groups in total. The quantitative estimate of drug-likeness (QED) is 0.629. The number of hydrogen-bond acceptors (Lipinski definition) is 4. The summed E-state index contributed by atoms with van der Waals surface area (Å²) in [5.41, 5.74) is 0. The summed E-state index contributed by atoms with van der Waals surface area (Å²) >= 11 is 0. The monoisotopic (exact) mass is 200 g/mol. The maximum Gasteiger partial charge on any atom is 0.338 e. The maximum atomic E-state index is 11.6. The second kappa shape index (κ2) is 3.21. The first-order valence-corrected chi connectivity index (χ1v) is 5.04. The molecule has 2 rings (SSSR count). The molecule has 0 bridgehead atoms. The predicted molar refractivity (Wildman–Crippen MR) is 48.6 cm³/mol. The molecule has 0 radical (unpaired) electrons. The molecule has 0 aromatic carbocycles. The Labute approximate surface area is 83.5 Å². The Morgan fingerprint density at radius 3 is 2.43 bits per heavy atom. The molecule has 1 saturated carbocycles. The van der Waals surface area contributed by atoms with Crippen molar-refractivity contribution in [2.24, 2.45) is 0 Å². The number of rotatable bonds is 2. The normalized spacial score (nSPS) is 35.6. The minimum Gasteiger partial charge on any atom is -0.460 e. The summed E-state index contributed by atoms with van der Waals surface area (Å²) in [6.45, 7) is 5.43. The molecule has 0 aromatic rings. The number of ether oxygens (including phenoxy) is 3. The molecule has 14 heavy (non-hydrogen) atoms. The summed E-state index contributed by atoms with van der Waals surface area (Å²) in [4.78, 5) is 11.6. The summed E-state index contributed by atoms with van der Waals surface area (Å²) < 4.78 is 16.1. The Morgan fingerprint density at radius 1 is 1.36 bits per heavy atom. The van der Waals surface area contributed by atoms with Crippen molar-refractivity contribution in [2.45, 2.75) is 57.7 Å². The predicted octanol–water partition coefficient (Wildman–Crippen LogP) is 1.23. The Hall–Kier alpha value is -0.610. The average molecular weight is 200 g/mol. The number of carbonyl (C=O) groups excluding carboxylic acids is 1. The number of esters is 1. The van der Waals surface area contributed by atoms with Gasteiger partial charge >= 0.3 is 5.97 Å². The second-order valence-corrected chi connectivity index (χ2v) is 4.40. The maximum absolute atomic E-state index is 11.6. The fourth-order valence-electron chi connectivity index (χ4n) is 1.60. The Morgan fingerprint density at radius 2 is 2.00 bits per heavy atom. The van der Waals surface area contributed by atoms with Crippen molar-refractivity contribution in [2.75, 3.05) is 0 Å². The zero-order valence-corrected chi connectivity index (χ0v) is 8.78. The SMILES string of the molecule is C[C@H]1OC(C)(C)O[C@@H]1C(=O)OC1CC1. The highest BCUT2D eigenvalue weighted by molar-refractivity contribution is 5.76. The molecule has 0 aromatic heterocycles. The van der Waals surface area contributed by atoms with Crippen molar-refractivity contribution in [3.63, 3.8) is 0 Å². The first-order chi connectivity index (χ1) is 6.48. The van der Waals surface area contributed by atoms with Crippen LogP contribution in [0.3, 0.4) is 0 Å². The average Bonchev–Trinajstić information content (AvgIpc) is 2.78. The van der Waals surface area contributed by atoms with Crippen LogP contribution in [-0.2, 0) is 19.0 Å². The van der Waals surface area contributed by atoms with E-state index in [9.17, 15) is 4.79 Å². The van der Waals surface area contributed by atoms with E-state index in [2.05, 4.69) is 0 Å². The van der Waals surface area contributed by atoms with Crippen molar-refractivity contribution in [3.05, 3.63) is 0 Å². The van der Waals surface area contributed by atoms with E-state index in [-0.39, 0.29) is 18.2 Å². The van der Waals surface area contributed by atoms with Crippen LogP contribution in [0.4, 0.5) is 0 Å². The van der Waals surface area contributed by atoms with Crippen molar-refractivity contribution in [3.8, 4) is 0 Å². The van der Waals surface area contributed by atoms with Crippen molar-refractivity contribution < 1.29 is 19.0 Å². The third-order valence-corrected chi connectivity index (χ3v) is 2.35. The molecule has 2 fully saturated rings. The van der Waals surface area contributed by atoms with E-state index < -0.39 is 11.9 Å². The topological polar surface area (TPSA) is 44.8 Å². The van der Waals surface area contributed by atoms with Crippen LogP contribution in [0.5, 0.6) is 0 Å². The minimum atomic E-state index is -0.674. The highest BCUT2D eigenvalue weighted by Crippen LogP contribution is 2.31. The van der Waals surface area contributed by atoms with E-state index in [0.717, 1.165) is 12.8 Å². The van der Waals surface area contributed by atoms with Crippen LogP contribution in [0.25, 0.3) is 0 Å². The van der Waals surface area contributed by atoms with Gasteiger partial charge in [0.1, 0.15) is 6.10 Å². The minimum absolute atomic E-state index is 0.127. The zero-order chi connectivity index (χ0) is 10.3. The molecule has 80 valence electrons. The lowest BCUT2D eigenvalue weighted by Gasteiger charge is -2.16. The van der Waals surface area contributed by atoms with Gasteiger partial charge in [-0.25, -0.2) is 4.79 Å². The number of hydrogen-bond donors (Lipinski definition) is 0. The third kappa shape index (κ3) is 2.07. The van der Waals surface area contributed by atoms with Crippen LogP contribution >= 0.6 is 0 Å². The van der Waals surface area contributed by atoms with Crippen LogP contribution in [0.2, 0.25) is 0 Å². The molecule has 1 saturated heterocycles. The standard InChI is InChI=1S/C10H16O4/c1-6-8(14-10(2,3)13-6)9(11)12-7-4-5-7/h6-8H,4-5H2,1-3H3/t6-,8+/m1/s1. The Balaban J connectivity index is 1.93. The first-order valence-electron chi connectivity index (χ1n) is 5.04. The lowest BCUT2D eigenvalue weighted by atomic mass is 10.2. The van der Waals surface area contributed by atoms with Gasteiger partial charge in [-0.3, -0.25) is 0 Å². The van der Waals surface area contributed by atoms with Gasteiger partial charge in [-0.1, -0.05) is 0 Å². The molecule has 1 heterocycles. The molecule has 1 aliphatic heterocycles. The van der Waals surface area contributed by atoms with Gasteiger partial charge in [-0.2, -0.15) is 0 Å². The van der Waals surface area contributed by atoms with Gasteiger partial charge in [-0.15, -0.1) is 0 Å². The molecule has 0 spiro atoms. The van der Waals surface area contributed by atoms with Crippen molar-refractivity contribution in [1.29, 1.82) is 0 Å². The van der Waals surface area contributed by atoms with E-state index in [1.165, 1.54) is 0 Å². The molecule has 0 amide bonds. The fourth-order valence-corrected chi connectivity index (χ4v) is 1.60. The lowest BCUT2D eigenvalue weighted by Crippen LogP contribution is -2.32. The third-order valence-electron chi connectivity index (χ3n) is 2.35. The van der Waals surface area contributed by atoms with Gasteiger partial charge in [0.05, 0.1) is 6.10 Å². The van der Waals surface area contributed by atoms with Gasteiger partial charge in [0, 0.05) is 0 Å². The van der Waals surface area contributed by atoms with Gasteiger partial charge in [0.2, 0.25) is 0 Å². The highest BCUT2D eigenvalue weighted by atomic mass is 16.8. The lowest BCUT2D eigenvalue weighted by molar-refractivity contribution is -0.171. The van der Waals surface area contributed by atoms with Crippen molar-refractivity contribution >= 4 is 5.97 Å². The van der Waals surface area contributed by atoms with Crippen LogP contribution in [-0.4, -0.2) is 30.1 Å². The van der Waals surface area contributed by atoms with Gasteiger partial charge in [0.25, 0.3) is 0 Å². The van der Waals surface area contributed by atoms with Gasteiger partial charge < -0.3 is 14.2 Å². The molecule has 2 atom stereocenters. The molecule has 4 heteroatoms. The molecule has 2 aliphatic rings. The van der Waals surface area contributed by atoms with E-state index in [1.807, 2.05) is 6.92 Å². The fraction of sp³-hybridized carbons (Fsp3) is 0.900. The summed E-state index contributed by atoms with van der Waals surface area (Å²) in [5.74, 6) is -0.960. The summed E-state index contributed by atoms with van der Waals surface area (Å²) in [7, 11) is 0. The van der Waals surface area contributed by atoms with E-state index >= 15 is 0 Å². The molecular formula is C10H16O4. The molecular weight excluding hydrogens is 184 g/mol. The first kappa shape index (κ1) is 9.93. The van der Waals surface area contributed by atoms with Crippen LogP contribution < -0.4 is 0 Å². The van der Waals surface area contributed by atoms with Gasteiger partial charge in [0.15, 0.2) is 11.9 Å². The van der Waals surface area contributed by atoms with E-state index in [0.29, 0.717) is 0 Å². The van der Waals surface area contributed by atoms with Gasteiger partial charge in [-0.05, 0) is 33.6 Å². The Bertz CT molecular complexity index is 245. The molecule has 1 aliphatic carbocycles. The summed E-state index contributed by atoms with van der Waals surface area (Å²) in [6.07, 6.45) is 1.30. The second-order valence-electron chi connectivity index (χ2n) is 4.40. The molecule has 4 nitrogen and oxygen atoms in total. The van der Waals surface area contributed by atoms with Crippen molar-refractivity contribution in [1.82, 2.24) is 0 Å². The molecule has 0 unspecified atom stereocenters. The van der Waals surface area contributed by atoms with Crippen LogP contribution in [0.15, 0.2) is 0 Å². The Kier molecular flexibility index (Phi) is 2.27. The van der Waals surface area contributed by atoms with Crippen LogP contribution in [0.1, 0.15) is 33.6 Å². The van der Waals surface area contributed by atoms with Crippen LogP contribution in [0, 0.1) is 0 Å². The highest BCUT2D eigenvalue weighted by Gasteiger charge is 2.45.